The van der Waals surface area contributed by atoms with E-state index in [0.29, 0.717) is 44.4 Å². The van der Waals surface area contributed by atoms with Gasteiger partial charge < -0.3 is 36.6 Å². The summed E-state index contributed by atoms with van der Waals surface area (Å²) in [6.45, 7) is 7.84. The predicted molar refractivity (Wildman–Crippen MR) is 169 cm³/mol. The first-order chi connectivity index (χ1) is 21.4. The van der Waals surface area contributed by atoms with Gasteiger partial charge >= 0.3 is 5.97 Å². The summed E-state index contributed by atoms with van der Waals surface area (Å²) in [7, 11) is 0. The van der Waals surface area contributed by atoms with Crippen molar-refractivity contribution in [2.75, 3.05) is 56.4 Å². The van der Waals surface area contributed by atoms with E-state index in [4.69, 9.17) is 5.11 Å². The molecule has 0 aromatic carbocycles. The minimum absolute atomic E-state index is 0.0476. The van der Waals surface area contributed by atoms with Crippen molar-refractivity contribution in [3.63, 3.8) is 0 Å². The molecule has 1 saturated carbocycles. The molecule has 0 unspecified atom stereocenters. The highest BCUT2D eigenvalue weighted by Gasteiger charge is 2.23. The number of likely N-dealkylation sites (tertiary alicyclic amines) is 1. The second kappa shape index (κ2) is 18.4. The first-order valence-corrected chi connectivity index (χ1v) is 16.3. The zero-order valence-corrected chi connectivity index (χ0v) is 26.2. The van der Waals surface area contributed by atoms with Gasteiger partial charge in [0.2, 0.25) is 11.9 Å². The summed E-state index contributed by atoms with van der Waals surface area (Å²) in [5.74, 6) is 1.09. The number of piperidine rings is 1. The number of carboxylic acids is 1. The number of carbonyl (C=O) groups is 2. The first-order valence-electron chi connectivity index (χ1n) is 16.3. The fourth-order valence-corrected chi connectivity index (χ4v) is 5.75. The van der Waals surface area contributed by atoms with Crippen molar-refractivity contribution < 1.29 is 14.7 Å². The molecule has 0 radical (unpaired) electrons. The van der Waals surface area contributed by atoms with Crippen LogP contribution in [0.4, 0.5) is 11.8 Å². The van der Waals surface area contributed by atoms with Crippen LogP contribution < -0.4 is 26.6 Å². The number of carboxylic acid groups (broad SMARTS) is 1. The first kappa shape index (κ1) is 33.5. The molecule has 0 atom stereocenters. The minimum Gasteiger partial charge on any atom is -0.480 e. The minimum atomic E-state index is -0.924. The molecule has 2 aliphatic rings. The number of carbonyl (C=O) groups excluding carboxylic acids is 1. The van der Waals surface area contributed by atoms with Crippen LogP contribution in [0.5, 0.6) is 0 Å². The van der Waals surface area contributed by atoms with Crippen molar-refractivity contribution in [1.29, 1.82) is 0 Å². The second-order valence-corrected chi connectivity index (χ2v) is 11.9. The average Bonchev–Trinajstić information content (AvgIpc) is 3.48. The number of hydrogen-bond acceptors (Lipinski definition) is 11. The van der Waals surface area contributed by atoms with Gasteiger partial charge in [0.15, 0.2) is 5.82 Å². The quantitative estimate of drug-likeness (QED) is 0.127. The molecular formula is C30H51N11O3. The van der Waals surface area contributed by atoms with Crippen molar-refractivity contribution in [3.05, 3.63) is 23.9 Å². The van der Waals surface area contributed by atoms with Crippen LogP contribution >= 0.6 is 0 Å². The molecule has 2 aromatic heterocycles. The molecule has 1 aliphatic carbocycles. The van der Waals surface area contributed by atoms with E-state index in [1.807, 2.05) is 22.6 Å². The zero-order chi connectivity index (χ0) is 31.0. The number of rotatable bonds is 19. The molecule has 4 rings (SSSR count). The lowest BCUT2D eigenvalue weighted by molar-refractivity contribution is -0.136. The molecule has 244 valence electrons. The molecule has 2 fully saturated rings. The molecule has 0 bridgehead atoms. The number of aryl methyl sites for hydroxylation is 2. The second-order valence-electron chi connectivity index (χ2n) is 11.9. The standard InChI is InChI=1S/C30H51N11O3/c1-23-19-26(37-25-10-17-40(18-11-25)28(42)9-15-32-21-29(43)44)38-30(36-23)34-20-27-35-22-41(39-27)16-6-13-31-12-5-14-33-24-7-3-2-4-8-24/h19,22,24-25,31-33H,2-18,20-21H2,1H3,(H,43,44)(H2,34,36,37,38). The monoisotopic (exact) mass is 613 g/mol. The largest absolute Gasteiger partial charge is 0.480 e. The molecule has 2 aromatic rings. The molecular weight excluding hydrogens is 562 g/mol. The molecule has 1 aliphatic heterocycles. The number of nitrogens with zero attached hydrogens (tertiary/aromatic N) is 6. The molecule has 6 N–H and O–H groups in total. The fraction of sp³-hybridized carbons (Fsp3) is 0.733. The molecule has 1 amide bonds. The SMILES string of the molecule is Cc1cc(NC2CCN(C(=O)CCNCC(=O)O)CC2)nc(NCc2ncn(CCCNCCCNC3CCCCC3)n2)n1. The van der Waals surface area contributed by atoms with E-state index < -0.39 is 5.97 Å². The Kier molecular flexibility index (Phi) is 14.1. The van der Waals surface area contributed by atoms with Crippen LogP contribution in [0.2, 0.25) is 0 Å². The number of hydrogen-bond donors (Lipinski definition) is 6. The molecule has 3 heterocycles. The number of nitrogens with one attached hydrogen (secondary N) is 5. The third kappa shape index (κ3) is 12.3. The number of amides is 1. The Labute approximate surface area is 260 Å². The van der Waals surface area contributed by atoms with Crippen LogP contribution in [-0.2, 0) is 22.7 Å². The molecule has 0 spiro atoms. The van der Waals surface area contributed by atoms with Gasteiger partial charge in [-0.2, -0.15) is 10.1 Å². The van der Waals surface area contributed by atoms with Gasteiger partial charge in [-0.15, -0.1) is 0 Å². The van der Waals surface area contributed by atoms with Crippen LogP contribution in [-0.4, -0.2) is 105 Å². The van der Waals surface area contributed by atoms with Gasteiger partial charge in [0.05, 0.1) is 13.1 Å². The van der Waals surface area contributed by atoms with Crippen molar-refractivity contribution in [1.82, 2.24) is 45.6 Å². The van der Waals surface area contributed by atoms with Crippen molar-refractivity contribution >= 4 is 23.6 Å². The summed E-state index contributed by atoms with van der Waals surface area (Å²) in [5, 5.41) is 30.0. The van der Waals surface area contributed by atoms with E-state index in [2.05, 4.69) is 46.6 Å². The average molecular weight is 614 g/mol. The van der Waals surface area contributed by atoms with Gasteiger partial charge in [-0.3, -0.25) is 14.3 Å². The van der Waals surface area contributed by atoms with Gasteiger partial charge in [0, 0.05) is 56.4 Å². The summed E-state index contributed by atoms with van der Waals surface area (Å²) in [4.78, 5) is 38.4. The van der Waals surface area contributed by atoms with Gasteiger partial charge in [-0.05, 0) is 65.1 Å². The summed E-state index contributed by atoms with van der Waals surface area (Å²) in [6, 6.07) is 2.86. The third-order valence-electron chi connectivity index (χ3n) is 8.14. The summed E-state index contributed by atoms with van der Waals surface area (Å²) in [5.41, 5.74) is 0.849. The van der Waals surface area contributed by atoms with Crippen LogP contribution in [0.3, 0.4) is 0 Å². The molecule has 14 nitrogen and oxygen atoms in total. The van der Waals surface area contributed by atoms with Crippen LogP contribution in [0.1, 0.15) is 75.7 Å². The topological polar surface area (TPSA) is 174 Å². The van der Waals surface area contributed by atoms with E-state index in [9.17, 15) is 9.59 Å². The van der Waals surface area contributed by atoms with Crippen molar-refractivity contribution in [3.8, 4) is 0 Å². The van der Waals surface area contributed by atoms with Crippen molar-refractivity contribution in [2.45, 2.75) is 96.3 Å². The Balaban J connectivity index is 1.09. The predicted octanol–water partition coefficient (Wildman–Crippen LogP) is 1.75. The Morgan fingerprint density at radius 1 is 0.955 bits per heavy atom. The lowest BCUT2D eigenvalue weighted by atomic mass is 9.95. The fourth-order valence-electron chi connectivity index (χ4n) is 5.75. The summed E-state index contributed by atoms with van der Waals surface area (Å²) < 4.78 is 1.89. The normalized spacial score (nSPS) is 16.2. The Hall–Kier alpha value is -3.36. The number of anilines is 2. The van der Waals surface area contributed by atoms with E-state index in [0.717, 1.165) is 69.4 Å². The zero-order valence-electron chi connectivity index (χ0n) is 26.2. The highest BCUT2D eigenvalue weighted by molar-refractivity contribution is 5.76. The van der Waals surface area contributed by atoms with Crippen LogP contribution in [0.25, 0.3) is 0 Å². The Bertz CT molecular complexity index is 1150. The smallest absolute Gasteiger partial charge is 0.317 e. The molecule has 14 heteroatoms. The maximum Gasteiger partial charge on any atom is 0.317 e. The highest BCUT2D eigenvalue weighted by Crippen LogP contribution is 2.18. The van der Waals surface area contributed by atoms with Crippen LogP contribution in [0.15, 0.2) is 12.4 Å². The van der Waals surface area contributed by atoms with E-state index in [1.54, 1.807) is 6.33 Å². The van der Waals surface area contributed by atoms with Crippen LogP contribution in [0, 0.1) is 6.92 Å². The summed E-state index contributed by atoms with van der Waals surface area (Å²) in [6.07, 6.45) is 12.7. The summed E-state index contributed by atoms with van der Waals surface area (Å²) >= 11 is 0. The lowest BCUT2D eigenvalue weighted by Gasteiger charge is -2.32. The number of aromatic nitrogens is 5. The highest BCUT2D eigenvalue weighted by atomic mass is 16.4. The van der Waals surface area contributed by atoms with Gasteiger partial charge in [0.1, 0.15) is 12.1 Å². The van der Waals surface area contributed by atoms with E-state index in [1.165, 1.54) is 32.1 Å². The Morgan fingerprint density at radius 3 is 2.55 bits per heavy atom. The third-order valence-corrected chi connectivity index (χ3v) is 8.14. The van der Waals surface area contributed by atoms with E-state index in [-0.39, 0.29) is 18.5 Å². The van der Waals surface area contributed by atoms with Gasteiger partial charge in [-0.1, -0.05) is 19.3 Å². The molecule has 1 saturated heterocycles. The lowest BCUT2D eigenvalue weighted by Crippen LogP contribution is -2.43. The van der Waals surface area contributed by atoms with Gasteiger partial charge in [-0.25, -0.2) is 9.97 Å². The van der Waals surface area contributed by atoms with Gasteiger partial charge in [0.25, 0.3) is 0 Å². The maximum atomic E-state index is 12.4. The maximum absolute atomic E-state index is 12.4. The molecule has 44 heavy (non-hydrogen) atoms. The van der Waals surface area contributed by atoms with E-state index >= 15 is 0 Å². The van der Waals surface area contributed by atoms with Crippen molar-refractivity contribution in [2.24, 2.45) is 0 Å². The Morgan fingerprint density at radius 2 is 1.75 bits per heavy atom. The number of aliphatic carboxylic acids is 1.